The summed E-state index contributed by atoms with van der Waals surface area (Å²) < 4.78 is 12.7. The quantitative estimate of drug-likeness (QED) is 0.435. The van der Waals surface area contributed by atoms with Crippen molar-refractivity contribution >= 4 is 17.5 Å². The van der Waals surface area contributed by atoms with Gasteiger partial charge in [0, 0.05) is 11.9 Å². The number of benzene rings is 2. The van der Waals surface area contributed by atoms with Gasteiger partial charge in [-0.3, -0.25) is 9.78 Å². The molecule has 4 aromatic rings. The van der Waals surface area contributed by atoms with Crippen LogP contribution in [0.15, 0.2) is 84.3 Å². The lowest BCUT2D eigenvalue weighted by Crippen LogP contribution is -2.31. The number of methoxy groups -OCH3 is 2. The Bertz CT molecular complexity index is 1410. The van der Waals surface area contributed by atoms with E-state index in [1.54, 1.807) is 43.4 Å². The molecule has 0 saturated heterocycles. The number of hydrogen-bond donors (Lipinski definition) is 2. The highest BCUT2D eigenvalue weighted by molar-refractivity contribution is 6.06. The van der Waals surface area contributed by atoms with E-state index < -0.39 is 6.04 Å². The summed E-state index contributed by atoms with van der Waals surface area (Å²) in [5.41, 5.74) is 3.36. The Balaban J connectivity index is 1.63. The number of hydrogen-bond acceptors (Lipinski definition) is 7. The molecule has 0 fully saturated rings. The summed E-state index contributed by atoms with van der Waals surface area (Å²) >= 11 is 0. The Morgan fingerprint density at radius 2 is 1.91 bits per heavy atom. The summed E-state index contributed by atoms with van der Waals surface area (Å²) in [6.45, 7) is 1.85. The second-order valence-electron chi connectivity index (χ2n) is 7.94. The lowest BCUT2D eigenvalue weighted by Gasteiger charge is -2.28. The molecule has 0 bridgehead atoms. The number of carbonyl (C=O) groups excluding carboxylic acids is 1. The number of carbonyl (C=O) groups is 1. The van der Waals surface area contributed by atoms with Crippen molar-refractivity contribution in [3.05, 3.63) is 89.9 Å². The van der Waals surface area contributed by atoms with E-state index >= 15 is 0 Å². The lowest BCUT2D eigenvalue weighted by molar-refractivity contribution is -0.113. The normalized spacial score (nSPS) is 14.7. The van der Waals surface area contributed by atoms with Gasteiger partial charge in [-0.2, -0.15) is 4.98 Å². The summed E-state index contributed by atoms with van der Waals surface area (Å²) in [6, 6.07) is 18.2. The number of aromatic nitrogens is 4. The van der Waals surface area contributed by atoms with Crippen LogP contribution in [-0.4, -0.2) is 39.9 Å². The van der Waals surface area contributed by atoms with E-state index in [1.165, 1.54) is 0 Å². The third-order valence-corrected chi connectivity index (χ3v) is 5.77. The van der Waals surface area contributed by atoms with Crippen LogP contribution < -0.4 is 20.1 Å². The molecule has 2 N–H and O–H groups in total. The SMILES string of the molecule is COc1cccc(C2C(C(=O)Nc3cccnc3)=C(C)Nc3nc(-c4ccccc4OC)nn32)c1. The smallest absolute Gasteiger partial charge is 0.255 e. The Morgan fingerprint density at radius 3 is 2.69 bits per heavy atom. The molecule has 0 saturated carbocycles. The molecule has 2 aromatic carbocycles. The fraction of sp³-hybridized carbons (Fsp3) is 0.154. The number of amides is 1. The van der Waals surface area contributed by atoms with Crippen molar-refractivity contribution in [3.63, 3.8) is 0 Å². The van der Waals surface area contributed by atoms with Crippen LogP contribution in [0.4, 0.5) is 11.6 Å². The third-order valence-electron chi connectivity index (χ3n) is 5.77. The largest absolute Gasteiger partial charge is 0.497 e. The van der Waals surface area contributed by atoms with E-state index in [4.69, 9.17) is 19.6 Å². The number of allylic oxidation sites excluding steroid dienone is 1. The molecule has 5 rings (SSSR count). The van der Waals surface area contributed by atoms with Gasteiger partial charge in [-0.05, 0) is 48.9 Å². The first-order valence-corrected chi connectivity index (χ1v) is 11.0. The molecule has 176 valence electrons. The van der Waals surface area contributed by atoms with E-state index in [2.05, 4.69) is 15.6 Å². The average molecular weight is 469 g/mol. The minimum Gasteiger partial charge on any atom is -0.497 e. The van der Waals surface area contributed by atoms with E-state index in [9.17, 15) is 4.79 Å². The van der Waals surface area contributed by atoms with Crippen molar-refractivity contribution in [1.82, 2.24) is 19.7 Å². The molecule has 3 heterocycles. The standard InChI is InChI=1S/C26H24N6O3/c1-16-22(25(33)29-18-9-7-13-27-15-18)23(17-8-6-10-19(14-17)34-2)32-26(28-16)30-24(31-32)20-11-4-5-12-21(20)35-3/h4-15,23H,1-3H3,(H,29,33)(H,28,30,31). The van der Waals surface area contributed by atoms with Crippen LogP contribution in [0.25, 0.3) is 11.4 Å². The molecule has 0 radical (unpaired) electrons. The van der Waals surface area contributed by atoms with Crippen molar-refractivity contribution in [2.24, 2.45) is 0 Å². The van der Waals surface area contributed by atoms with Crippen LogP contribution in [0.3, 0.4) is 0 Å². The van der Waals surface area contributed by atoms with E-state index in [-0.39, 0.29) is 5.91 Å². The molecule has 0 aliphatic carbocycles. The van der Waals surface area contributed by atoms with Gasteiger partial charge < -0.3 is 20.1 Å². The molecule has 2 aromatic heterocycles. The van der Waals surface area contributed by atoms with Crippen LogP contribution in [0.5, 0.6) is 11.5 Å². The van der Waals surface area contributed by atoms with Gasteiger partial charge >= 0.3 is 0 Å². The first-order valence-electron chi connectivity index (χ1n) is 11.0. The van der Waals surface area contributed by atoms with Crippen molar-refractivity contribution in [2.75, 3.05) is 24.9 Å². The van der Waals surface area contributed by atoms with Crippen molar-refractivity contribution in [2.45, 2.75) is 13.0 Å². The highest BCUT2D eigenvalue weighted by Crippen LogP contribution is 2.38. The molecule has 0 spiro atoms. The van der Waals surface area contributed by atoms with Gasteiger partial charge in [0.1, 0.15) is 17.5 Å². The molecule has 1 aliphatic rings. The lowest BCUT2D eigenvalue weighted by atomic mass is 9.95. The van der Waals surface area contributed by atoms with Crippen molar-refractivity contribution < 1.29 is 14.3 Å². The molecule has 1 aliphatic heterocycles. The van der Waals surface area contributed by atoms with Crippen molar-refractivity contribution in [1.29, 1.82) is 0 Å². The van der Waals surface area contributed by atoms with E-state index in [1.807, 2.05) is 55.5 Å². The summed E-state index contributed by atoms with van der Waals surface area (Å²) in [5.74, 6) is 2.08. The topological polar surface area (TPSA) is 103 Å². The van der Waals surface area contributed by atoms with Crippen molar-refractivity contribution in [3.8, 4) is 22.9 Å². The summed E-state index contributed by atoms with van der Waals surface area (Å²) in [5, 5.41) is 11.0. The van der Waals surface area contributed by atoms with Gasteiger partial charge in [0.15, 0.2) is 5.82 Å². The predicted molar refractivity (Wildman–Crippen MR) is 132 cm³/mol. The number of nitrogens with zero attached hydrogens (tertiary/aromatic N) is 4. The molecular weight excluding hydrogens is 444 g/mol. The van der Waals surface area contributed by atoms with Crippen LogP contribution in [0.1, 0.15) is 18.5 Å². The van der Waals surface area contributed by atoms with Gasteiger partial charge in [0.05, 0.1) is 37.2 Å². The Morgan fingerprint density at radius 1 is 1.06 bits per heavy atom. The zero-order valence-electron chi connectivity index (χ0n) is 19.5. The molecule has 9 heteroatoms. The van der Waals surface area contributed by atoms with Gasteiger partial charge in [0.2, 0.25) is 5.95 Å². The molecular formula is C26H24N6O3. The number of pyridine rings is 1. The third kappa shape index (κ3) is 4.19. The van der Waals surface area contributed by atoms with Crippen LogP contribution in [-0.2, 0) is 4.79 Å². The summed E-state index contributed by atoms with van der Waals surface area (Å²) in [6.07, 6.45) is 3.26. The second-order valence-corrected chi connectivity index (χ2v) is 7.94. The molecule has 1 unspecified atom stereocenters. The highest BCUT2D eigenvalue weighted by atomic mass is 16.5. The predicted octanol–water partition coefficient (Wildman–Crippen LogP) is 4.28. The molecule has 1 amide bonds. The first-order chi connectivity index (χ1) is 17.1. The second kappa shape index (κ2) is 9.30. The Kier molecular flexibility index (Phi) is 5.88. The van der Waals surface area contributed by atoms with Gasteiger partial charge in [0.25, 0.3) is 5.91 Å². The minimum atomic E-state index is -0.547. The maximum atomic E-state index is 13.6. The van der Waals surface area contributed by atoms with E-state index in [0.717, 1.165) is 11.1 Å². The fourth-order valence-corrected chi connectivity index (χ4v) is 4.14. The summed E-state index contributed by atoms with van der Waals surface area (Å²) in [7, 11) is 3.22. The number of rotatable bonds is 6. The van der Waals surface area contributed by atoms with Crippen LogP contribution in [0, 0.1) is 0 Å². The Labute approximate surface area is 202 Å². The molecule has 1 atom stereocenters. The number of para-hydroxylation sites is 1. The first kappa shape index (κ1) is 22.1. The maximum absolute atomic E-state index is 13.6. The maximum Gasteiger partial charge on any atom is 0.255 e. The number of anilines is 2. The van der Waals surface area contributed by atoms with Gasteiger partial charge in [-0.1, -0.05) is 24.3 Å². The monoisotopic (exact) mass is 468 g/mol. The molecule has 9 nitrogen and oxygen atoms in total. The average Bonchev–Trinajstić information content (AvgIpc) is 3.31. The minimum absolute atomic E-state index is 0.268. The Hall–Kier alpha value is -4.66. The van der Waals surface area contributed by atoms with Crippen LogP contribution >= 0.6 is 0 Å². The number of ether oxygens (including phenoxy) is 2. The fourth-order valence-electron chi connectivity index (χ4n) is 4.14. The number of nitrogens with one attached hydrogen (secondary N) is 2. The van der Waals surface area contributed by atoms with E-state index in [0.29, 0.717) is 40.2 Å². The van der Waals surface area contributed by atoms with Gasteiger partial charge in [-0.15, -0.1) is 5.10 Å². The summed E-state index contributed by atoms with van der Waals surface area (Å²) in [4.78, 5) is 22.4. The zero-order chi connectivity index (χ0) is 24.4. The number of fused-ring (bicyclic) bond motifs is 1. The molecule has 35 heavy (non-hydrogen) atoms. The van der Waals surface area contributed by atoms with Gasteiger partial charge in [-0.25, -0.2) is 4.68 Å². The zero-order valence-corrected chi connectivity index (χ0v) is 19.5. The van der Waals surface area contributed by atoms with Crippen LogP contribution in [0.2, 0.25) is 0 Å². The highest BCUT2D eigenvalue weighted by Gasteiger charge is 2.35.